The second-order valence-corrected chi connectivity index (χ2v) is 5.98. The van der Waals surface area contributed by atoms with Gasteiger partial charge in [-0.15, -0.1) is 0 Å². The van der Waals surface area contributed by atoms with E-state index in [9.17, 15) is 18.0 Å². The molecule has 0 aromatic heterocycles. The standard InChI is InChI=1S/C16H18ClF3N2O/c17-12-6-7-14(13(10-12)16(18,19)20)22-15(23)21-9-8-11-4-2-1-3-5-11/h6-11H,1-5H2,(H2,21,22,23)/b9-8+. The molecule has 0 atom stereocenters. The molecule has 0 heterocycles. The number of nitrogens with one attached hydrogen (secondary N) is 2. The summed E-state index contributed by atoms with van der Waals surface area (Å²) in [6.07, 6.45) is 4.52. The average molecular weight is 347 g/mol. The molecule has 0 bridgehead atoms. The fourth-order valence-electron chi connectivity index (χ4n) is 2.60. The van der Waals surface area contributed by atoms with Gasteiger partial charge in [-0.3, -0.25) is 0 Å². The van der Waals surface area contributed by atoms with Crippen LogP contribution in [0.15, 0.2) is 30.5 Å². The van der Waals surface area contributed by atoms with E-state index in [1.807, 2.05) is 6.08 Å². The van der Waals surface area contributed by atoms with E-state index in [0.29, 0.717) is 5.92 Å². The van der Waals surface area contributed by atoms with Gasteiger partial charge in [0.15, 0.2) is 0 Å². The molecule has 2 N–H and O–H groups in total. The van der Waals surface area contributed by atoms with Crippen LogP contribution in [0.2, 0.25) is 5.02 Å². The lowest BCUT2D eigenvalue weighted by molar-refractivity contribution is -0.136. The quantitative estimate of drug-likeness (QED) is 0.737. The predicted molar refractivity (Wildman–Crippen MR) is 84.3 cm³/mol. The zero-order valence-electron chi connectivity index (χ0n) is 12.4. The van der Waals surface area contributed by atoms with Crippen molar-refractivity contribution in [3.8, 4) is 0 Å². The van der Waals surface area contributed by atoms with Gasteiger partial charge in [-0.05, 0) is 37.0 Å². The number of alkyl halides is 3. The van der Waals surface area contributed by atoms with Crippen LogP contribution in [0.3, 0.4) is 0 Å². The van der Waals surface area contributed by atoms with Gasteiger partial charge < -0.3 is 10.6 Å². The number of amides is 2. The van der Waals surface area contributed by atoms with Crippen LogP contribution in [0.1, 0.15) is 37.7 Å². The number of urea groups is 1. The third kappa shape index (κ3) is 5.46. The summed E-state index contributed by atoms with van der Waals surface area (Å²) >= 11 is 5.59. The Morgan fingerprint density at radius 1 is 1.22 bits per heavy atom. The van der Waals surface area contributed by atoms with Crippen LogP contribution in [0.4, 0.5) is 23.7 Å². The molecule has 0 radical (unpaired) electrons. The van der Waals surface area contributed by atoms with Crippen LogP contribution in [-0.4, -0.2) is 6.03 Å². The highest BCUT2D eigenvalue weighted by molar-refractivity contribution is 6.30. The molecule has 1 fully saturated rings. The van der Waals surface area contributed by atoms with Gasteiger partial charge in [-0.1, -0.05) is 36.9 Å². The SMILES string of the molecule is O=C(N/C=C/C1CCCCC1)Nc1ccc(Cl)cc1C(F)(F)F. The Morgan fingerprint density at radius 3 is 2.57 bits per heavy atom. The minimum Gasteiger partial charge on any atom is -0.315 e. The molecule has 0 unspecified atom stereocenters. The molecule has 126 valence electrons. The van der Waals surface area contributed by atoms with Crippen LogP contribution in [0.25, 0.3) is 0 Å². The normalized spacial score (nSPS) is 16.5. The van der Waals surface area contributed by atoms with Gasteiger partial charge >= 0.3 is 12.2 Å². The first-order valence-corrected chi connectivity index (χ1v) is 7.85. The molecule has 2 amide bonds. The van der Waals surface area contributed by atoms with Crippen LogP contribution in [0.5, 0.6) is 0 Å². The number of rotatable bonds is 3. The van der Waals surface area contributed by atoms with Crippen LogP contribution >= 0.6 is 11.6 Å². The summed E-state index contributed by atoms with van der Waals surface area (Å²) in [6, 6.07) is 2.50. The Bertz CT molecular complexity index is 581. The number of anilines is 1. The van der Waals surface area contributed by atoms with E-state index in [1.54, 1.807) is 0 Å². The number of carbonyl (C=O) groups is 1. The second-order valence-electron chi connectivity index (χ2n) is 5.54. The third-order valence-corrected chi connectivity index (χ3v) is 4.00. The fourth-order valence-corrected chi connectivity index (χ4v) is 2.78. The lowest BCUT2D eigenvalue weighted by atomic mass is 9.89. The summed E-state index contributed by atoms with van der Waals surface area (Å²) in [5, 5.41) is 4.60. The Morgan fingerprint density at radius 2 is 1.91 bits per heavy atom. The highest BCUT2D eigenvalue weighted by atomic mass is 35.5. The van der Waals surface area contributed by atoms with Crippen LogP contribution < -0.4 is 10.6 Å². The number of carbonyl (C=O) groups excluding carboxylic acids is 1. The summed E-state index contributed by atoms with van der Waals surface area (Å²) in [6.45, 7) is 0. The molecule has 0 spiro atoms. The molecule has 0 aliphatic heterocycles. The third-order valence-electron chi connectivity index (χ3n) is 3.77. The maximum atomic E-state index is 12.9. The lowest BCUT2D eigenvalue weighted by Gasteiger charge is -2.17. The first-order valence-electron chi connectivity index (χ1n) is 7.47. The van der Waals surface area contributed by atoms with Crippen molar-refractivity contribution in [1.29, 1.82) is 0 Å². The van der Waals surface area contributed by atoms with Gasteiger partial charge in [-0.2, -0.15) is 13.2 Å². The molecule has 3 nitrogen and oxygen atoms in total. The fraction of sp³-hybridized carbons (Fsp3) is 0.438. The highest BCUT2D eigenvalue weighted by Gasteiger charge is 2.34. The van der Waals surface area contributed by atoms with E-state index in [4.69, 9.17) is 11.6 Å². The van der Waals surface area contributed by atoms with Crippen molar-refractivity contribution in [2.45, 2.75) is 38.3 Å². The predicted octanol–water partition coefficient (Wildman–Crippen LogP) is 5.57. The molecule has 1 aromatic rings. The Hall–Kier alpha value is -1.69. The number of benzene rings is 1. The molecule has 7 heteroatoms. The molecule has 1 aromatic carbocycles. The number of halogens is 4. The van der Waals surface area contributed by atoms with Crippen molar-refractivity contribution in [1.82, 2.24) is 5.32 Å². The summed E-state index contributed by atoms with van der Waals surface area (Å²) in [7, 11) is 0. The highest BCUT2D eigenvalue weighted by Crippen LogP contribution is 2.36. The molecule has 0 saturated heterocycles. The van der Waals surface area contributed by atoms with E-state index in [2.05, 4.69) is 10.6 Å². The second kappa shape index (κ2) is 7.73. The number of hydrogen-bond donors (Lipinski definition) is 2. The van der Waals surface area contributed by atoms with E-state index in [-0.39, 0.29) is 10.7 Å². The van der Waals surface area contributed by atoms with Crippen molar-refractivity contribution >= 4 is 23.3 Å². The van der Waals surface area contributed by atoms with E-state index in [1.165, 1.54) is 31.5 Å². The molecular formula is C16H18ClF3N2O. The van der Waals surface area contributed by atoms with Crippen molar-refractivity contribution < 1.29 is 18.0 Å². The molecule has 1 saturated carbocycles. The zero-order valence-corrected chi connectivity index (χ0v) is 13.2. The largest absolute Gasteiger partial charge is 0.418 e. The van der Waals surface area contributed by atoms with Crippen molar-refractivity contribution in [2.75, 3.05) is 5.32 Å². The van der Waals surface area contributed by atoms with Gasteiger partial charge in [0, 0.05) is 11.2 Å². The minimum absolute atomic E-state index is 0.0412. The van der Waals surface area contributed by atoms with Gasteiger partial charge in [0.25, 0.3) is 0 Å². The summed E-state index contributed by atoms with van der Waals surface area (Å²) < 4.78 is 38.8. The molecular weight excluding hydrogens is 329 g/mol. The Balaban J connectivity index is 1.96. The van der Waals surface area contributed by atoms with Crippen LogP contribution in [0, 0.1) is 5.92 Å². The summed E-state index contributed by atoms with van der Waals surface area (Å²) in [5.74, 6) is 0.422. The van der Waals surface area contributed by atoms with E-state index >= 15 is 0 Å². The zero-order chi connectivity index (χ0) is 16.9. The van der Waals surface area contributed by atoms with Gasteiger partial charge in [0.05, 0.1) is 11.3 Å². The first kappa shape index (κ1) is 17.7. The van der Waals surface area contributed by atoms with Gasteiger partial charge in [-0.25, -0.2) is 4.79 Å². The Labute approximate surface area is 137 Å². The summed E-state index contributed by atoms with van der Waals surface area (Å²) in [5.41, 5.74) is -1.30. The van der Waals surface area contributed by atoms with Gasteiger partial charge in [0.1, 0.15) is 0 Å². The van der Waals surface area contributed by atoms with Crippen molar-refractivity contribution in [2.24, 2.45) is 5.92 Å². The number of allylic oxidation sites excluding steroid dienone is 1. The lowest BCUT2D eigenvalue weighted by Crippen LogP contribution is -2.25. The molecule has 2 rings (SSSR count). The first-order chi connectivity index (χ1) is 10.9. The maximum Gasteiger partial charge on any atom is 0.418 e. The van der Waals surface area contributed by atoms with Gasteiger partial charge in [0.2, 0.25) is 0 Å². The van der Waals surface area contributed by atoms with Crippen molar-refractivity contribution in [3.05, 3.63) is 41.1 Å². The average Bonchev–Trinajstić information content (AvgIpc) is 2.49. The minimum atomic E-state index is -4.59. The van der Waals surface area contributed by atoms with Crippen molar-refractivity contribution in [3.63, 3.8) is 0 Å². The molecule has 1 aliphatic carbocycles. The number of hydrogen-bond acceptors (Lipinski definition) is 1. The van der Waals surface area contributed by atoms with E-state index in [0.717, 1.165) is 25.0 Å². The maximum absolute atomic E-state index is 12.9. The topological polar surface area (TPSA) is 41.1 Å². The van der Waals surface area contributed by atoms with E-state index < -0.39 is 17.8 Å². The van der Waals surface area contributed by atoms with Crippen LogP contribution in [-0.2, 0) is 6.18 Å². The molecule has 23 heavy (non-hydrogen) atoms. The monoisotopic (exact) mass is 346 g/mol. The molecule has 1 aliphatic rings. The summed E-state index contributed by atoms with van der Waals surface area (Å²) in [4.78, 5) is 11.7. The Kier molecular flexibility index (Phi) is 5.93. The smallest absolute Gasteiger partial charge is 0.315 e.